The minimum atomic E-state index is -0.244. The summed E-state index contributed by atoms with van der Waals surface area (Å²) in [6.45, 7) is 0. The van der Waals surface area contributed by atoms with Gasteiger partial charge in [0, 0.05) is 17.6 Å². The third kappa shape index (κ3) is 2.61. The highest BCUT2D eigenvalue weighted by molar-refractivity contribution is 7.16. The maximum atomic E-state index is 13.0. The molecule has 4 nitrogen and oxygen atoms in total. The lowest BCUT2D eigenvalue weighted by Gasteiger charge is -2.35. The molecule has 2 aromatic rings. The van der Waals surface area contributed by atoms with Crippen molar-refractivity contribution in [3.05, 3.63) is 30.1 Å². The van der Waals surface area contributed by atoms with Crippen LogP contribution in [0.2, 0.25) is 0 Å². The van der Waals surface area contributed by atoms with Gasteiger partial charge < -0.3 is 9.64 Å². The summed E-state index contributed by atoms with van der Waals surface area (Å²) in [5, 5.41) is 9.69. The van der Waals surface area contributed by atoms with Crippen molar-refractivity contribution < 1.29 is 9.13 Å². The Bertz CT molecular complexity index is 646. The van der Waals surface area contributed by atoms with Gasteiger partial charge in [0.05, 0.1) is 0 Å². The molecule has 1 aromatic heterocycles. The van der Waals surface area contributed by atoms with Gasteiger partial charge in [-0.15, -0.1) is 5.10 Å². The Kier molecular flexibility index (Phi) is 3.58. The number of ether oxygens (including phenoxy) is 1. The van der Waals surface area contributed by atoms with E-state index in [9.17, 15) is 4.39 Å². The van der Waals surface area contributed by atoms with Crippen LogP contribution in [0.5, 0.6) is 5.19 Å². The molecule has 116 valence electrons. The molecule has 2 bridgehead atoms. The van der Waals surface area contributed by atoms with Gasteiger partial charge in [-0.25, -0.2) is 4.39 Å². The fourth-order valence-corrected chi connectivity index (χ4v) is 4.33. The van der Waals surface area contributed by atoms with Crippen LogP contribution >= 0.6 is 11.3 Å². The zero-order chi connectivity index (χ0) is 15.1. The van der Waals surface area contributed by atoms with Crippen LogP contribution < -0.4 is 4.74 Å². The van der Waals surface area contributed by atoms with Crippen molar-refractivity contribution in [2.75, 3.05) is 7.05 Å². The van der Waals surface area contributed by atoms with E-state index in [1.807, 2.05) is 0 Å². The molecule has 6 heteroatoms. The molecule has 0 spiro atoms. The zero-order valence-electron chi connectivity index (χ0n) is 12.4. The Morgan fingerprint density at radius 1 is 1.14 bits per heavy atom. The summed E-state index contributed by atoms with van der Waals surface area (Å²) in [5.74, 6) is -0.244. The predicted molar refractivity (Wildman–Crippen MR) is 83.5 cm³/mol. The molecule has 2 fully saturated rings. The van der Waals surface area contributed by atoms with Gasteiger partial charge in [-0.05, 0) is 57.0 Å². The normalized spacial score (nSPS) is 28.0. The zero-order valence-corrected chi connectivity index (χ0v) is 13.2. The standard InChI is InChI=1S/C16H18FN3OS/c1-20-12-6-7-13(20)9-14(8-12)21-16-19-18-15(22-16)10-2-4-11(17)5-3-10/h2-5,12-14H,6-9H2,1H3/t12-,13?,14?/m0/s1. The topological polar surface area (TPSA) is 38.2 Å². The lowest BCUT2D eigenvalue weighted by molar-refractivity contribution is 0.0655. The van der Waals surface area contributed by atoms with Gasteiger partial charge in [0.1, 0.15) is 11.9 Å². The molecule has 0 N–H and O–H groups in total. The molecule has 2 unspecified atom stereocenters. The number of rotatable bonds is 3. The molecule has 2 aliphatic heterocycles. The fourth-order valence-electron chi connectivity index (χ4n) is 3.57. The van der Waals surface area contributed by atoms with Crippen LogP contribution in [0.4, 0.5) is 4.39 Å². The average Bonchev–Trinajstić information content (AvgIpc) is 3.03. The van der Waals surface area contributed by atoms with E-state index >= 15 is 0 Å². The summed E-state index contributed by atoms with van der Waals surface area (Å²) in [6, 6.07) is 7.60. The summed E-state index contributed by atoms with van der Waals surface area (Å²) >= 11 is 1.43. The molecular weight excluding hydrogens is 301 g/mol. The first-order valence-electron chi connectivity index (χ1n) is 7.67. The molecule has 1 aromatic carbocycles. The SMILES string of the molecule is CN1C2CC[C@H]1CC(Oc1nnc(-c3ccc(F)cc3)s1)C2. The number of halogens is 1. The minimum Gasteiger partial charge on any atom is -0.465 e. The van der Waals surface area contributed by atoms with Crippen LogP contribution in [0.25, 0.3) is 10.6 Å². The Morgan fingerprint density at radius 3 is 2.50 bits per heavy atom. The fraction of sp³-hybridized carbons (Fsp3) is 0.500. The average molecular weight is 319 g/mol. The highest BCUT2D eigenvalue weighted by Gasteiger charge is 2.39. The third-order valence-corrected chi connectivity index (χ3v) is 5.68. The minimum absolute atomic E-state index is 0.239. The predicted octanol–water partition coefficient (Wildman–Crippen LogP) is 3.35. The van der Waals surface area contributed by atoms with Gasteiger partial charge in [-0.1, -0.05) is 16.4 Å². The van der Waals surface area contributed by atoms with E-state index in [0.29, 0.717) is 17.3 Å². The van der Waals surface area contributed by atoms with Crippen molar-refractivity contribution in [3.8, 4) is 15.8 Å². The molecule has 0 aliphatic carbocycles. The van der Waals surface area contributed by atoms with Crippen molar-refractivity contribution in [2.24, 2.45) is 0 Å². The van der Waals surface area contributed by atoms with Crippen molar-refractivity contribution in [1.82, 2.24) is 15.1 Å². The number of fused-ring (bicyclic) bond motifs is 2. The van der Waals surface area contributed by atoms with Crippen LogP contribution in [0.1, 0.15) is 25.7 Å². The smallest absolute Gasteiger partial charge is 0.294 e. The first-order valence-corrected chi connectivity index (χ1v) is 8.49. The van der Waals surface area contributed by atoms with Crippen LogP contribution in [0.15, 0.2) is 24.3 Å². The number of benzene rings is 1. The summed E-state index contributed by atoms with van der Waals surface area (Å²) in [6.07, 6.45) is 4.93. The second-order valence-corrected chi connectivity index (χ2v) is 7.08. The van der Waals surface area contributed by atoms with Gasteiger partial charge in [-0.3, -0.25) is 0 Å². The summed E-state index contributed by atoms with van der Waals surface area (Å²) in [7, 11) is 2.22. The molecule has 0 saturated carbocycles. The monoisotopic (exact) mass is 319 g/mol. The molecule has 3 heterocycles. The van der Waals surface area contributed by atoms with Crippen LogP contribution in [0.3, 0.4) is 0 Å². The Labute approximate surface area is 132 Å². The molecule has 22 heavy (non-hydrogen) atoms. The number of aromatic nitrogens is 2. The van der Waals surface area contributed by atoms with Crippen LogP contribution in [-0.2, 0) is 0 Å². The van der Waals surface area contributed by atoms with E-state index in [0.717, 1.165) is 23.4 Å². The van der Waals surface area contributed by atoms with Crippen LogP contribution in [-0.4, -0.2) is 40.3 Å². The molecule has 3 atom stereocenters. The largest absolute Gasteiger partial charge is 0.465 e. The number of hydrogen-bond donors (Lipinski definition) is 0. The first-order chi connectivity index (χ1) is 10.7. The Hall–Kier alpha value is -1.53. The van der Waals surface area contributed by atoms with Gasteiger partial charge in [0.15, 0.2) is 5.01 Å². The first kappa shape index (κ1) is 14.1. The van der Waals surface area contributed by atoms with Gasteiger partial charge >= 0.3 is 0 Å². The molecule has 2 saturated heterocycles. The molecule has 2 aliphatic rings. The number of hydrogen-bond acceptors (Lipinski definition) is 5. The van der Waals surface area contributed by atoms with Gasteiger partial charge in [-0.2, -0.15) is 0 Å². The summed E-state index contributed by atoms with van der Waals surface area (Å²) < 4.78 is 19.0. The molecule has 4 rings (SSSR count). The maximum Gasteiger partial charge on any atom is 0.294 e. The van der Waals surface area contributed by atoms with E-state index in [-0.39, 0.29) is 11.9 Å². The van der Waals surface area contributed by atoms with Crippen molar-refractivity contribution in [1.29, 1.82) is 0 Å². The second kappa shape index (κ2) is 5.59. The van der Waals surface area contributed by atoms with Gasteiger partial charge in [0.2, 0.25) is 0 Å². The Morgan fingerprint density at radius 2 is 1.82 bits per heavy atom. The van der Waals surface area contributed by atoms with Crippen molar-refractivity contribution in [2.45, 2.75) is 43.9 Å². The van der Waals surface area contributed by atoms with E-state index in [2.05, 4.69) is 22.1 Å². The highest BCUT2D eigenvalue weighted by Crippen LogP contribution is 2.37. The second-order valence-electron chi connectivity index (χ2n) is 6.14. The lowest BCUT2D eigenvalue weighted by atomic mass is 10.0. The quantitative estimate of drug-likeness (QED) is 0.869. The number of piperidine rings is 1. The Balaban J connectivity index is 1.45. The number of nitrogens with zero attached hydrogens (tertiary/aromatic N) is 3. The highest BCUT2D eigenvalue weighted by atomic mass is 32.1. The van der Waals surface area contributed by atoms with Crippen molar-refractivity contribution in [3.63, 3.8) is 0 Å². The molecular formula is C16H18FN3OS. The third-order valence-electron chi connectivity index (χ3n) is 4.82. The lowest BCUT2D eigenvalue weighted by Crippen LogP contribution is -2.43. The summed E-state index contributed by atoms with van der Waals surface area (Å²) in [5.41, 5.74) is 0.872. The van der Waals surface area contributed by atoms with E-state index < -0.39 is 0 Å². The van der Waals surface area contributed by atoms with E-state index in [4.69, 9.17) is 4.74 Å². The van der Waals surface area contributed by atoms with Gasteiger partial charge in [0.25, 0.3) is 5.19 Å². The van der Waals surface area contributed by atoms with E-state index in [1.54, 1.807) is 12.1 Å². The van der Waals surface area contributed by atoms with Crippen molar-refractivity contribution >= 4 is 11.3 Å². The van der Waals surface area contributed by atoms with E-state index in [1.165, 1.54) is 36.3 Å². The maximum absolute atomic E-state index is 13.0. The van der Waals surface area contributed by atoms with Crippen LogP contribution in [0, 0.1) is 5.82 Å². The molecule has 0 amide bonds. The molecule has 0 radical (unpaired) electrons. The summed E-state index contributed by atoms with van der Waals surface area (Å²) in [4.78, 5) is 2.49.